The van der Waals surface area contributed by atoms with E-state index in [9.17, 15) is 21.6 Å². The van der Waals surface area contributed by atoms with E-state index in [1.165, 1.54) is 11.8 Å². The first-order valence-corrected chi connectivity index (χ1v) is 17.4. The normalized spacial score (nSPS) is 13.2. The Morgan fingerprint density at radius 1 is 0.591 bits per heavy atom. The van der Waals surface area contributed by atoms with Crippen molar-refractivity contribution in [2.45, 2.75) is 55.5 Å². The molecule has 0 fully saturated rings. The van der Waals surface area contributed by atoms with Crippen LogP contribution >= 0.6 is 0 Å². The zero-order chi connectivity index (χ0) is 31.7. The highest BCUT2D eigenvalue weighted by Crippen LogP contribution is 2.16. The third-order valence-electron chi connectivity index (χ3n) is 7.28. The minimum atomic E-state index is -3.91. The molecule has 0 radical (unpaired) electrons. The van der Waals surface area contributed by atoms with Crippen molar-refractivity contribution in [3.05, 3.63) is 131 Å². The van der Waals surface area contributed by atoms with Crippen LogP contribution in [0.5, 0.6) is 0 Å². The number of rotatable bonds is 14. The quantitative estimate of drug-likeness (QED) is 0.210. The number of hydrogen-bond donors (Lipinski definition) is 2. The zero-order valence-corrected chi connectivity index (χ0v) is 26.8. The molecule has 4 aromatic rings. The number of nitrogens with zero attached hydrogens (tertiary/aromatic N) is 1. The molecule has 0 unspecified atom stereocenters. The van der Waals surface area contributed by atoms with Crippen molar-refractivity contribution in [2.75, 3.05) is 13.1 Å². The molecule has 0 saturated carbocycles. The number of hydrogen-bond acceptors (Lipinski definition) is 5. The van der Waals surface area contributed by atoms with E-state index in [-0.39, 0.29) is 28.8 Å². The maximum absolute atomic E-state index is 13.4. The number of carbonyl (C=O) groups is 1. The van der Waals surface area contributed by atoms with Crippen molar-refractivity contribution in [3.63, 3.8) is 0 Å². The van der Waals surface area contributed by atoms with Crippen molar-refractivity contribution in [1.82, 2.24) is 14.3 Å². The molecule has 0 aliphatic heterocycles. The van der Waals surface area contributed by atoms with Crippen LogP contribution in [0, 0.1) is 13.8 Å². The molecule has 232 valence electrons. The van der Waals surface area contributed by atoms with Crippen LogP contribution in [0.4, 0.5) is 0 Å². The Balaban J connectivity index is 1.62. The third kappa shape index (κ3) is 9.59. The van der Waals surface area contributed by atoms with E-state index in [0.717, 1.165) is 22.3 Å². The Morgan fingerprint density at radius 3 is 1.25 bits per heavy atom. The molecule has 0 aliphatic carbocycles. The Kier molecular flexibility index (Phi) is 11.1. The maximum atomic E-state index is 13.4. The van der Waals surface area contributed by atoms with Gasteiger partial charge in [0.1, 0.15) is 0 Å². The standard InChI is InChI=1S/C34H39N3O5S2/c1-26-14-18-33(19-15-26)43(39,40)35-31(22-29-10-6-4-7-11-29)24-37(28(3)38)25-32(23-30-12-8-5-9-13-30)36-44(41,42)34-20-16-27(2)17-21-34/h4-21,31-32,35-36H,22-25H2,1-3H3/t31-,32-/m0/s1. The molecule has 4 rings (SSSR count). The molecule has 0 spiro atoms. The van der Waals surface area contributed by atoms with Gasteiger partial charge in [-0.1, -0.05) is 96.1 Å². The second-order valence-electron chi connectivity index (χ2n) is 11.1. The van der Waals surface area contributed by atoms with Crippen LogP contribution in [0.2, 0.25) is 0 Å². The first-order chi connectivity index (χ1) is 20.9. The highest BCUT2D eigenvalue weighted by molar-refractivity contribution is 7.89. The largest absolute Gasteiger partial charge is 0.340 e. The molecule has 0 saturated heterocycles. The first-order valence-electron chi connectivity index (χ1n) is 14.4. The number of amides is 1. The van der Waals surface area contributed by atoms with Crippen LogP contribution in [-0.4, -0.2) is 52.8 Å². The van der Waals surface area contributed by atoms with E-state index in [1.54, 1.807) is 48.5 Å². The van der Waals surface area contributed by atoms with E-state index in [0.29, 0.717) is 12.8 Å². The second kappa shape index (κ2) is 14.8. The van der Waals surface area contributed by atoms with Crippen LogP contribution in [0.25, 0.3) is 0 Å². The van der Waals surface area contributed by atoms with Gasteiger partial charge in [-0.05, 0) is 62.1 Å². The average Bonchev–Trinajstić information content (AvgIpc) is 2.98. The number of aryl methyl sites for hydroxylation is 2. The fourth-order valence-corrected chi connectivity index (χ4v) is 7.41. The molecule has 0 aliphatic rings. The molecule has 0 heterocycles. The van der Waals surface area contributed by atoms with Gasteiger partial charge >= 0.3 is 0 Å². The lowest BCUT2D eigenvalue weighted by molar-refractivity contribution is -0.129. The number of benzene rings is 4. The summed E-state index contributed by atoms with van der Waals surface area (Å²) in [5.74, 6) is -0.301. The molecular weight excluding hydrogens is 595 g/mol. The molecule has 4 aromatic carbocycles. The van der Waals surface area contributed by atoms with E-state index in [1.807, 2.05) is 74.5 Å². The molecule has 0 bridgehead atoms. The van der Waals surface area contributed by atoms with Crippen molar-refractivity contribution >= 4 is 26.0 Å². The average molecular weight is 634 g/mol. The van der Waals surface area contributed by atoms with Crippen molar-refractivity contribution < 1.29 is 21.6 Å². The maximum Gasteiger partial charge on any atom is 0.240 e. The lowest BCUT2D eigenvalue weighted by Crippen LogP contribution is -2.51. The van der Waals surface area contributed by atoms with Gasteiger partial charge in [-0.2, -0.15) is 0 Å². The van der Waals surface area contributed by atoms with Gasteiger partial charge in [-0.15, -0.1) is 0 Å². The third-order valence-corrected chi connectivity index (χ3v) is 10.4. The number of carbonyl (C=O) groups excluding carboxylic acids is 1. The lowest BCUT2D eigenvalue weighted by Gasteiger charge is -2.31. The second-order valence-corrected chi connectivity index (χ2v) is 14.5. The molecule has 1 amide bonds. The van der Waals surface area contributed by atoms with Gasteiger partial charge in [0, 0.05) is 32.1 Å². The molecule has 0 aromatic heterocycles. The summed E-state index contributed by atoms with van der Waals surface area (Å²) < 4.78 is 59.3. The minimum absolute atomic E-state index is 0.0346. The van der Waals surface area contributed by atoms with Crippen molar-refractivity contribution in [2.24, 2.45) is 0 Å². The van der Waals surface area contributed by atoms with Gasteiger partial charge in [0.15, 0.2) is 0 Å². The van der Waals surface area contributed by atoms with E-state index in [4.69, 9.17) is 0 Å². The van der Waals surface area contributed by atoms with E-state index >= 15 is 0 Å². The van der Waals surface area contributed by atoms with E-state index in [2.05, 4.69) is 9.44 Å². The summed E-state index contributed by atoms with van der Waals surface area (Å²) in [5, 5.41) is 0. The summed E-state index contributed by atoms with van der Waals surface area (Å²) >= 11 is 0. The van der Waals surface area contributed by atoms with Crippen LogP contribution in [-0.2, 0) is 37.7 Å². The summed E-state index contributed by atoms with van der Waals surface area (Å²) in [5.41, 5.74) is 3.66. The predicted octanol–water partition coefficient (Wildman–Crippen LogP) is 4.63. The highest BCUT2D eigenvalue weighted by atomic mass is 32.2. The summed E-state index contributed by atoms with van der Waals surface area (Å²) in [6.07, 6.45) is 0.655. The van der Waals surface area contributed by atoms with Crippen LogP contribution in [0.3, 0.4) is 0 Å². The Labute approximate surface area is 261 Å². The monoisotopic (exact) mass is 633 g/mol. The lowest BCUT2D eigenvalue weighted by atomic mass is 10.0. The molecule has 2 atom stereocenters. The fraction of sp³-hybridized carbons (Fsp3) is 0.265. The summed E-state index contributed by atoms with van der Waals surface area (Å²) in [7, 11) is -7.83. The van der Waals surface area contributed by atoms with Gasteiger partial charge in [0.2, 0.25) is 26.0 Å². The van der Waals surface area contributed by atoms with Crippen LogP contribution < -0.4 is 9.44 Å². The predicted molar refractivity (Wildman–Crippen MR) is 173 cm³/mol. The van der Waals surface area contributed by atoms with Gasteiger partial charge in [-0.3, -0.25) is 4.79 Å². The number of sulfonamides is 2. The first kappa shape index (κ1) is 33.1. The summed E-state index contributed by atoms with van der Waals surface area (Å²) in [6, 6.07) is 30.6. The van der Waals surface area contributed by atoms with E-state index < -0.39 is 32.1 Å². The highest BCUT2D eigenvalue weighted by Gasteiger charge is 2.28. The van der Waals surface area contributed by atoms with Crippen molar-refractivity contribution in [3.8, 4) is 0 Å². The number of nitrogens with one attached hydrogen (secondary N) is 2. The molecule has 2 N–H and O–H groups in total. The summed E-state index contributed by atoms with van der Waals surface area (Å²) in [6.45, 7) is 5.24. The topological polar surface area (TPSA) is 113 Å². The summed E-state index contributed by atoms with van der Waals surface area (Å²) in [4.78, 5) is 14.8. The molecule has 44 heavy (non-hydrogen) atoms. The van der Waals surface area contributed by atoms with Crippen molar-refractivity contribution in [1.29, 1.82) is 0 Å². The molecule has 8 nitrogen and oxygen atoms in total. The smallest absolute Gasteiger partial charge is 0.240 e. The Hall–Kier alpha value is -3.83. The van der Waals surface area contributed by atoms with Gasteiger partial charge < -0.3 is 4.90 Å². The minimum Gasteiger partial charge on any atom is -0.340 e. The van der Waals surface area contributed by atoms with Crippen LogP contribution in [0.15, 0.2) is 119 Å². The zero-order valence-electron chi connectivity index (χ0n) is 25.2. The Morgan fingerprint density at radius 2 is 0.932 bits per heavy atom. The van der Waals surface area contributed by atoms with Gasteiger partial charge in [0.05, 0.1) is 9.79 Å². The van der Waals surface area contributed by atoms with Gasteiger partial charge in [0.25, 0.3) is 0 Å². The molecular formula is C34H39N3O5S2. The Bertz CT molecular complexity index is 1600. The SMILES string of the molecule is CC(=O)N(C[C@H](Cc1ccccc1)NS(=O)(=O)c1ccc(C)cc1)C[C@H](Cc1ccccc1)NS(=O)(=O)c1ccc(C)cc1. The van der Waals surface area contributed by atoms with Crippen LogP contribution in [0.1, 0.15) is 29.2 Å². The van der Waals surface area contributed by atoms with Gasteiger partial charge in [-0.25, -0.2) is 26.3 Å². The molecule has 10 heteroatoms. The fourth-order valence-electron chi connectivity index (χ4n) is 4.96.